The third-order valence-electron chi connectivity index (χ3n) is 4.50. The first-order valence-corrected chi connectivity index (χ1v) is 9.45. The Kier molecular flexibility index (Phi) is 4.78. The molecule has 24 heavy (non-hydrogen) atoms. The molecule has 0 radical (unpaired) electrons. The van der Waals surface area contributed by atoms with E-state index in [2.05, 4.69) is 34.3 Å². The molecule has 0 atom stereocenters. The molecule has 2 aromatic carbocycles. The lowest BCUT2D eigenvalue weighted by molar-refractivity contribution is 0.373. The number of nitrogens with one attached hydrogen (secondary N) is 2. The summed E-state index contributed by atoms with van der Waals surface area (Å²) in [6, 6.07) is 16.0. The van der Waals surface area contributed by atoms with Gasteiger partial charge in [-0.3, -0.25) is 0 Å². The molecule has 0 unspecified atom stereocenters. The zero-order valence-corrected chi connectivity index (χ0v) is 14.6. The highest BCUT2D eigenvalue weighted by molar-refractivity contribution is 7.89. The molecule has 0 bridgehead atoms. The standard InChI is InChI=1S/C18H22N2O3S/c1-19-24(21,22)18-9-8-15(12-17(18)23-2)20-16-10-14(11-16)13-6-4-3-5-7-13/h3-9,12,14,16,19-20H,10-11H2,1-2H3. The van der Waals surface area contributed by atoms with Gasteiger partial charge in [0.1, 0.15) is 10.6 Å². The Hall–Kier alpha value is -2.05. The number of hydrogen-bond donors (Lipinski definition) is 2. The number of anilines is 1. The van der Waals surface area contributed by atoms with Gasteiger partial charge < -0.3 is 10.1 Å². The van der Waals surface area contributed by atoms with Crippen molar-refractivity contribution < 1.29 is 13.2 Å². The van der Waals surface area contributed by atoms with Crippen LogP contribution in [0, 0.1) is 0 Å². The molecule has 2 N–H and O–H groups in total. The van der Waals surface area contributed by atoms with Crippen LogP contribution in [0.2, 0.25) is 0 Å². The van der Waals surface area contributed by atoms with E-state index in [0.29, 0.717) is 17.7 Å². The van der Waals surface area contributed by atoms with Crippen LogP contribution in [-0.2, 0) is 10.0 Å². The number of benzene rings is 2. The number of methoxy groups -OCH3 is 1. The van der Waals surface area contributed by atoms with E-state index in [4.69, 9.17) is 4.74 Å². The van der Waals surface area contributed by atoms with Crippen LogP contribution in [0.3, 0.4) is 0 Å². The summed E-state index contributed by atoms with van der Waals surface area (Å²) in [4.78, 5) is 0.147. The van der Waals surface area contributed by atoms with Gasteiger partial charge >= 0.3 is 0 Å². The highest BCUT2D eigenvalue weighted by Gasteiger charge is 2.30. The largest absolute Gasteiger partial charge is 0.495 e. The summed E-state index contributed by atoms with van der Waals surface area (Å²) in [5.74, 6) is 0.933. The molecule has 3 rings (SSSR count). The molecule has 2 aromatic rings. The average Bonchev–Trinajstić information content (AvgIpc) is 2.58. The molecule has 0 amide bonds. The lowest BCUT2D eigenvalue weighted by atomic mass is 9.76. The molecule has 0 spiro atoms. The summed E-state index contributed by atoms with van der Waals surface area (Å²) in [6.45, 7) is 0. The van der Waals surface area contributed by atoms with Gasteiger partial charge in [0, 0.05) is 17.8 Å². The molecule has 1 fully saturated rings. The normalized spacial score (nSPS) is 20.2. The van der Waals surface area contributed by atoms with E-state index >= 15 is 0 Å². The maximum Gasteiger partial charge on any atom is 0.243 e. The lowest BCUT2D eigenvalue weighted by Gasteiger charge is -2.37. The average molecular weight is 346 g/mol. The molecule has 1 aliphatic rings. The second-order valence-electron chi connectivity index (χ2n) is 5.99. The Bertz CT molecular complexity index is 800. The van der Waals surface area contributed by atoms with Gasteiger partial charge in [0.25, 0.3) is 0 Å². The summed E-state index contributed by atoms with van der Waals surface area (Å²) in [5, 5.41) is 3.45. The van der Waals surface area contributed by atoms with Gasteiger partial charge in [0.2, 0.25) is 10.0 Å². The molecule has 0 saturated heterocycles. The fourth-order valence-electron chi connectivity index (χ4n) is 3.06. The van der Waals surface area contributed by atoms with Crippen molar-refractivity contribution in [2.45, 2.75) is 29.7 Å². The Labute approximate surface area is 143 Å². The Morgan fingerprint density at radius 2 is 1.79 bits per heavy atom. The van der Waals surface area contributed by atoms with Crippen molar-refractivity contribution in [2.24, 2.45) is 0 Å². The Balaban J connectivity index is 1.67. The quantitative estimate of drug-likeness (QED) is 0.844. The summed E-state index contributed by atoms with van der Waals surface area (Å²) in [5.41, 5.74) is 2.25. The van der Waals surface area contributed by atoms with Crippen molar-refractivity contribution in [1.82, 2.24) is 4.72 Å². The molecule has 5 nitrogen and oxygen atoms in total. The van der Waals surface area contributed by atoms with E-state index in [1.807, 2.05) is 6.07 Å². The third-order valence-corrected chi connectivity index (χ3v) is 5.96. The highest BCUT2D eigenvalue weighted by Crippen LogP contribution is 2.39. The van der Waals surface area contributed by atoms with Crippen LogP contribution < -0.4 is 14.8 Å². The SMILES string of the molecule is CNS(=O)(=O)c1ccc(NC2CC(c3ccccc3)C2)cc1OC. The molecule has 0 heterocycles. The predicted octanol–water partition coefficient (Wildman–Crippen LogP) is 2.96. The van der Waals surface area contributed by atoms with Crippen LogP contribution in [0.5, 0.6) is 5.75 Å². The summed E-state index contributed by atoms with van der Waals surface area (Å²) in [7, 11) is -0.663. The minimum Gasteiger partial charge on any atom is -0.495 e. The zero-order chi connectivity index (χ0) is 17.2. The summed E-state index contributed by atoms with van der Waals surface area (Å²) >= 11 is 0. The Morgan fingerprint density at radius 3 is 2.42 bits per heavy atom. The van der Waals surface area contributed by atoms with Crippen LogP contribution >= 0.6 is 0 Å². The Morgan fingerprint density at radius 1 is 1.08 bits per heavy atom. The van der Waals surface area contributed by atoms with Crippen LogP contribution in [0.15, 0.2) is 53.4 Å². The van der Waals surface area contributed by atoms with Gasteiger partial charge in [-0.1, -0.05) is 30.3 Å². The smallest absolute Gasteiger partial charge is 0.243 e. The predicted molar refractivity (Wildman–Crippen MR) is 95.1 cm³/mol. The maximum absolute atomic E-state index is 12.0. The van der Waals surface area contributed by atoms with Gasteiger partial charge in [0.05, 0.1) is 7.11 Å². The molecule has 1 aliphatic carbocycles. The number of rotatable bonds is 6. The monoisotopic (exact) mass is 346 g/mol. The lowest BCUT2D eigenvalue weighted by Crippen LogP contribution is -2.34. The first-order chi connectivity index (χ1) is 11.5. The van der Waals surface area contributed by atoms with Crippen molar-refractivity contribution in [1.29, 1.82) is 0 Å². The van der Waals surface area contributed by atoms with Crippen molar-refractivity contribution in [2.75, 3.05) is 19.5 Å². The van der Waals surface area contributed by atoms with E-state index in [-0.39, 0.29) is 4.90 Å². The number of ether oxygens (including phenoxy) is 1. The first kappa shape index (κ1) is 16.8. The van der Waals surface area contributed by atoms with Crippen molar-refractivity contribution in [3.8, 4) is 5.75 Å². The second-order valence-corrected chi connectivity index (χ2v) is 7.85. The van der Waals surface area contributed by atoms with Gasteiger partial charge in [0.15, 0.2) is 0 Å². The van der Waals surface area contributed by atoms with Crippen LogP contribution in [0.25, 0.3) is 0 Å². The van der Waals surface area contributed by atoms with E-state index in [1.165, 1.54) is 19.7 Å². The fourth-order valence-corrected chi connectivity index (χ4v) is 3.93. The van der Waals surface area contributed by atoms with Crippen molar-refractivity contribution in [3.63, 3.8) is 0 Å². The minimum atomic E-state index is -3.53. The molecule has 0 aromatic heterocycles. The van der Waals surface area contributed by atoms with E-state index in [1.54, 1.807) is 18.2 Å². The maximum atomic E-state index is 12.0. The van der Waals surface area contributed by atoms with Crippen LogP contribution in [0.1, 0.15) is 24.3 Å². The van der Waals surface area contributed by atoms with E-state index in [0.717, 1.165) is 18.5 Å². The van der Waals surface area contributed by atoms with Crippen LogP contribution in [-0.4, -0.2) is 28.6 Å². The van der Waals surface area contributed by atoms with Gasteiger partial charge in [-0.25, -0.2) is 13.1 Å². The fraction of sp³-hybridized carbons (Fsp3) is 0.333. The van der Waals surface area contributed by atoms with Crippen molar-refractivity contribution in [3.05, 3.63) is 54.1 Å². The van der Waals surface area contributed by atoms with Crippen LogP contribution in [0.4, 0.5) is 5.69 Å². The zero-order valence-electron chi connectivity index (χ0n) is 13.8. The number of hydrogen-bond acceptors (Lipinski definition) is 4. The highest BCUT2D eigenvalue weighted by atomic mass is 32.2. The summed E-state index contributed by atoms with van der Waals surface area (Å²) < 4.78 is 31.5. The molecule has 1 saturated carbocycles. The molecule has 128 valence electrons. The molecular weight excluding hydrogens is 324 g/mol. The number of sulfonamides is 1. The van der Waals surface area contributed by atoms with Gasteiger partial charge in [-0.15, -0.1) is 0 Å². The molecule has 0 aliphatic heterocycles. The minimum absolute atomic E-state index is 0.147. The van der Waals surface area contributed by atoms with Crippen molar-refractivity contribution >= 4 is 15.7 Å². The summed E-state index contributed by atoms with van der Waals surface area (Å²) in [6.07, 6.45) is 2.14. The topological polar surface area (TPSA) is 67.4 Å². The van der Waals surface area contributed by atoms with Gasteiger partial charge in [-0.05, 0) is 43.5 Å². The third kappa shape index (κ3) is 3.39. The first-order valence-electron chi connectivity index (χ1n) is 7.96. The second kappa shape index (κ2) is 6.83. The van der Waals surface area contributed by atoms with E-state index < -0.39 is 10.0 Å². The molecule has 6 heteroatoms. The van der Waals surface area contributed by atoms with Gasteiger partial charge in [-0.2, -0.15) is 0 Å². The molecular formula is C18H22N2O3S. The van der Waals surface area contributed by atoms with E-state index in [9.17, 15) is 8.42 Å².